The minimum atomic E-state index is -0.290. The molecule has 3 atom stereocenters. The van der Waals surface area contributed by atoms with Crippen molar-refractivity contribution in [2.24, 2.45) is 0 Å². The number of benzene rings is 9. The standard InChI is InChI=1S/C32H37FO3.2C30H33FO3/c1-7-8-9-25(18-22(2)34)24-11-13-26(14-12-24)36-21-23-10-16-30(32(3,4)5)28(19-23)29-20-27(35-6)15-17-31(29)33;2*1-7-22(16-20(2)32)23-9-11-24(12-10-23)34-19-21-8-14-28(30(3,4)5)26(17-21)27-18-25(33-6)13-15-29(27)31/h8-17,19-20,25H,7,18,21H2,1-6H3;2*7-15,17-18,22H,1,16,19H2,2-6H3/b9-8+;;/t25-;2*22-/m110/s1. The molecule has 0 bridgehead atoms. The van der Waals surface area contributed by atoms with E-state index in [-0.39, 0.29) is 68.8 Å². The normalized spacial score (nSPS) is 12.3. The summed E-state index contributed by atoms with van der Waals surface area (Å²) in [4.78, 5) is 34.7. The Balaban J connectivity index is 0.000000218. The highest BCUT2D eigenvalue weighted by Gasteiger charge is 2.26. The second-order valence-electron chi connectivity index (χ2n) is 29.3. The summed E-state index contributed by atoms with van der Waals surface area (Å²) in [6.07, 6.45) is 10.1. The van der Waals surface area contributed by atoms with Crippen molar-refractivity contribution >= 4 is 17.3 Å². The molecule has 12 heteroatoms. The van der Waals surface area contributed by atoms with Crippen molar-refractivity contribution in [1.29, 1.82) is 0 Å². The zero-order valence-corrected chi connectivity index (χ0v) is 63.5. The van der Waals surface area contributed by atoms with Gasteiger partial charge in [0.05, 0.1) is 21.3 Å². The Morgan fingerprint density at radius 2 is 0.625 bits per heavy atom. The number of Topliss-reactive ketones (excluding diaryl/α,β-unsaturated/α-hetero) is 3. The van der Waals surface area contributed by atoms with Crippen molar-refractivity contribution in [2.75, 3.05) is 21.3 Å². The van der Waals surface area contributed by atoms with Crippen LogP contribution < -0.4 is 28.4 Å². The Morgan fingerprint density at radius 3 is 0.865 bits per heavy atom. The number of ketones is 3. The van der Waals surface area contributed by atoms with Crippen LogP contribution in [0.15, 0.2) is 219 Å². The van der Waals surface area contributed by atoms with Crippen LogP contribution in [0.2, 0.25) is 0 Å². The van der Waals surface area contributed by atoms with Gasteiger partial charge in [0.1, 0.15) is 89.1 Å². The monoisotopic (exact) mass is 1410 g/mol. The van der Waals surface area contributed by atoms with Gasteiger partial charge < -0.3 is 28.4 Å². The summed E-state index contributed by atoms with van der Waals surface area (Å²) >= 11 is 0. The van der Waals surface area contributed by atoms with E-state index in [1.807, 2.05) is 121 Å². The number of ether oxygens (including phenoxy) is 6. The molecule has 0 unspecified atom stereocenters. The Labute approximate surface area is 615 Å². The van der Waals surface area contributed by atoms with Gasteiger partial charge in [-0.05, 0) is 219 Å². The van der Waals surface area contributed by atoms with Gasteiger partial charge in [-0.15, -0.1) is 13.2 Å². The van der Waals surface area contributed by atoms with Crippen molar-refractivity contribution in [3.8, 4) is 67.9 Å². The highest BCUT2D eigenvalue weighted by Crippen LogP contribution is 2.41. The van der Waals surface area contributed by atoms with Crippen LogP contribution in [-0.4, -0.2) is 38.7 Å². The number of carbonyl (C=O) groups is 3. The van der Waals surface area contributed by atoms with Crippen molar-refractivity contribution in [1.82, 2.24) is 0 Å². The fraction of sp³-hybridized carbons (Fsp3) is 0.315. The highest BCUT2D eigenvalue weighted by molar-refractivity contribution is 5.78. The first-order valence-electron chi connectivity index (χ1n) is 35.4. The molecular weight excluding hydrogens is 1310 g/mol. The minimum Gasteiger partial charge on any atom is -0.497 e. The number of methoxy groups -OCH3 is 3. The average molecular weight is 1410 g/mol. The molecule has 104 heavy (non-hydrogen) atoms. The molecule has 0 aliphatic rings. The van der Waals surface area contributed by atoms with Gasteiger partial charge in [0.15, 0.2) is 0 Å². The third-order valence-corrected chi connectivity index (χ3v) is 17.9. The van der Waals surface area contributed by atoms with Gasteiger partial charge in [-0.1, -0.05) is 166 Å². The number of allylic oxidation sites excluding steroid dienone is 4. The molecule has 9 rings (SSSR count). The lowest BCUT2D eigenvalue weighted by Gasteiger charge is -2.24. The Hall–Kier alpha value is -10.2. The first kappa shape index (κ1) is 81.1. The maximum Gasteiger partial charge on any atom is 0.131 e. The molecule has 0 radical (unpaired) electrons. The lowest BCUT2D eigenvalue weighted by molar-refractivity contribution is -0.118. The summed E-state index contributed by atoms with van der Waals surface area (Å²) in [5, 5.41) is 0. The van der Waals surface area contributed by atoms with Gasteiger partial charge in [-0.3, -0.25) is 14.4 Å². The molecule has 0 fully saturated rings. The fourth-order valence-electron chi connectivity index (χ4n) is 12.3. The van der Waals surface area contributed by atoms with Crippen LogP contribution in [0, 0.1) is 17.5 Å². The van der Waals surface area contributed by atoms with E-state index in [4.69, 9.17) is 28.4 Å². The van der Waals surface area contributed by atoms with E-state index in [0.29, 0.717) is 73.0 Å². The van der Waals surface area contributed by atoms with Crippen LogP contribution in [0.4, 0.5) is 13.2 Å². The van der Waals surface area contributed by atoms with Crippen molar-refractivity contribution < 1.29 is 56.0 Å². The van der Waals surface area contributed by atoms with Crippen molar-refractivity contribution in [2.45, 2.75) is 170 Å². The van der Waals surface area contributed by atoms with Gasteiger partial charge in [0.25, 0.3) is 0 Å². The third-order valence-electron chi connectivity index (χ3n) is 17.9. The predicted molar refractivity (Wildman–Crippen MR) is 418 cm³/mol. The van der Waals surface area contributed by atoms with E-state index in [0.717, 1.165) is 90.4 Å². The molecule has 0 saturated carbocycles. The molecule has 0 N–H and O–H groups in total. The summed E-state index contributed by atoms with van der Waals surface area (Å²) in [7, 11) is 4.74. The second-order valence-corrected chi connectivity index (χ2v) is 29.3. The van der Waals surface area contributed by atoms with Gasteiger partial charge in [-0.2, -0.15) is 0 Å². The number of hydrogen-bond donors (Lipinski definition) is 0. The van der Waals surface area contributed by atoms with E-state index in [9.17, 15) is 27.6 Å². The molecule has 0 aliphatic heterocycles. The summed E-state index contributed by atoms with van der Waals surface area (Å²) in [5.41, 5.74) is 12.7. The Bertz CT molecular complexity index is 4230. The molecule has 9 aromatic rings. The average Bonchev–Trinajstić information content (AvgIpc) is 0.797. The van der Waals surface area contributed by atoms with Crippen LogP contribution in [0.3, 0.4) is 0 Å². The van der Waals surface area contributed by atoms with Gasteiger partial charge in [-0.25, -0.2) is 13.2 Å². The second kappa shape index (κ2) is 37.3. The number of halogens is 3. The minimum absolute atomic E-state index is 0.00295. The molecule has 0 amide bonds. The SMILES string of the molecule is C=C[C@@H](CC(C)=O)c1ccc(OCc2ccc(C(C)(C)C)c(-c3cc(OC)ccc3F)c2)cc1.C=C[C@H](CC(C)=O)c1ccc(OCc2ccc(C(C)(C)C)c(-c3cc(OC)ccc3F)c2)cc1.CC/C=C/[C@H](CC(C)=O)c1ccc(OCc2ccc(C(C)(C)C)c(-c3cc(OC)ccc3F)c2)cc1. The van der Waals surface area contributed by atoms with Crippen LogP contribution >= 0.6 is 0 Å². The smallest absolute Gasteiger partial charge is 0.131 e. The zero-order chi connectivity index (χ0) is 76.1. The van der Waals surface area contributed by atoms with Crippen LogP contribution in [0.1, 0.15) is 184 Å². The van der Waals surface area contributed by atoms with Gasteiger partial charge >= 0.3 is 0 Å². The van der Waals surface area contributed by atoms with E-state index in [1.54, 1.807) is 90.7 Å². The van der Waals surface area contributed by atoms with E-state index >= 15 is 0 Å². The third kappa shape index (κ3) is 23.2. The summed E-state index contributed by atoms with van der Waals surface area (Å²) < 4.78 is 78.7. The van der Waals surface area contributed by atoms with Crippen molar-refractivity contribution in [3.05, 3.63) is 287 Å². The molecule has 546 valence electrons. The predicted octanol–water partition coefficient (Wildman–Crippen LogP) is 23.7. The maximum absolute atomic E-state index is 14.9. The summed E-state index contributed by atoms with van der Waals surface area (Å²) in [6, 6.07) is 56.0. The fourth-order valence-corrected chi connectivity index (χ4v) is 12.3. The molecule has 0 saturated heterocycles. The van der Waals surface area contributed by atoms with Crippen LogP contribution in [0.25, 0.3) is 33.4 Å². The van der Waals surface area contributed by atoms with Gasteiger partial charge in [0.2, 0.25) is 0 Å². The number of rotatable bonds is 28. The maximum atomic E-state index is 14.9. The molecule has 9 aromatic carbocycles. The number of hydrogen-bond acceptors (Lipinski definition) is 9. The molecule has 9 nitrogen and oxygen atoms in total. The topological polar surface area (TPSA) is 107 Å². The van der Waals surface area contributed by atoms with Crippen LogP contribution in [0.5, 0.6) is 34.5 Å². The lowest BCUT2D eigenvalue weighted by Crippen LogP contribution is -2.13. The summed E-state index contributed by atoms with van der Waals surface area (Å²) in [6.45, 7) is 34.7. The molecular formula is C92H103F3O9. The summed E-state index contributed by atoms with van der Waals surface area (Å²) in [5.74, 6) is 3.67. The zero-order valence-electron chi connectivity index (χ0n) is 63.5. The molecule has 0 aliphatic carbocycles. The molecule has 0 spiro atoms. The lowest BCUT2D eigenvalue weighted by atomic mass is 9.81. The molecule has 0 heterocycles. The van der Waals surface area contributed by atoms with E-state index in [1.165, 1.54) is 18.2 Å². The first-order chi connectivity index (χ1) is 49.4. The van der Waals surface area contributed by atoms with Crippen molar-refractivity contribution in [3.63, 3.8) is 0 Å². The van der Waals surface area contributed by atoms with E-state index < -0.39 is 0 Å². The van der Waals surface area contributed by atoms with Crippen LogP contribution in [-0.2, 0) is 50.4 Å². The number of carbonyl (C=O) groups excluding carboxylic acids is 3. The largest absolute Gasteiger partial charge is 0.497 e. The molecule has 0 aromatic heterocycles. The van der Waals surface area contributed by atoms with Gasteiger partial charge in [0, 0.05) is 53.7 Å². The Kier molecular flexibility index (Phi) is 29.1. The Morgan fingerprint density at radius 1 is 0.365 bits per heavy atom. The van der Waals surface area contributed by atoms with E-state index in [2.05, 4.69) is 101 Å². The quantitative estimate of drug-likeness (QED) is 0.0443. The highest BCUT2D eigenvalue weighted by atomic mass is 19.1. The first-order valence-corrected chi connectivity index (χ1v) is 35.4.